The van der Waals surface area contributed by atoms with Crippen molar-refractivity contribution in [1.82, 2.24) is 4.90 Å². The molecule has 1 atom stereocenters. The quantitative estimate of drug-likeness (QED) is 0.209. The van der Waals surface area contributed by atoms with Gasteiger partial charge in [-0.05, 0) is 83.4 Å². The van der Waals surface area contributed by atoms with Crippen molar-refractivity contribution >= 4 is 33.4 Å². The smallest absolute Gasteiger partial charge is 0.295 e. The number of hydrogen-bond donors (Lipinski definition) is 1. The van der Waals surface area contributed by atoms with E-state index in [0.29, 0.717) is 32.8 Å². The van der Waals surface area contributed by atoms with Crippen molar-refractivity contribution in [2.24, 2.45) is 0 Å². The fraction of sp³-hybridized carbons (Fsp3) is 0.241. The Morgan fingerprint density at radius 2 is 1.70 bits per heavy atom. The number of aliphatic hydroxyl groups is 1. The molecule has 0 aromatic heterocycles. The Morgan fingerprint density at radius 1 is 0.973 bits per heavy atom. The lowest BCUT2D eigenvalue weighted by atomic mass is 9.95. The van der Waals surface area contributed by atoms with Gasteiger partial charge in [-0.2, -0.15) is 0 Å². The number of likely N-dealkylation sites (tertiary alicyclic amines) is 1. The molecule has 3 aromatic rings. The van der Waals surface area contributed by atoms with E-state index in [2.05, 4.69) is 15.9 Å². The average Bonchev–Trinajstić information content (AvgIpc) is 3.13. The van der Waals surface area contributed by atoms with Crippen LogP contribution in [0.4, 0.5) is 0 Å². The van der Waals surface area contributed by atoms with Gasteiger partial charge >= 0.3 is 0 Å². The molecule has 3 aromatic carbocycles. The number of Topliss-reactive ketones (excluding diaryl/α,β-unsaturated/α-hetero) is 1. The predicted octanol–water partition coefficient (Wildman–Crippen LogP) is 5.88. The Balaban J connectivity index is 1.83. The zero-order chi connectivity index (χ0) is 26.7. The van der Waals surface area contributed by atoms with Gasteiger partial charge in [0.2, 0.25) is 0 Å². The van der Waals surface area contributed by atoms with Crippen LogP contribution in [0.5, 0.6) is 17.2 Å². The third kappa shape index (κ3) is 5.49. The Morgan fingerprint density at radius 3 is 2.32 bits per heavy atom. The van der Waals surface area contributed by atoms with Gasteiger partial charge in [0.15, 0.2) is 0 Å². The van der Waals surface area contributed by atoms with Crippen LogP contribution in [0.25, 0.3) is 5.76 Å². The number of rotatable bonds is 8. The highest BCUT2D eigenvalue weighted by Crippen LogP contribution is 2.41. The summed E-state index contributed by atoms with van der Waals surface area (Å²) in [4.78, 5) is 28.1. The third-order valence-corrected chi connectivity index (χ3v) is 6.64. The van der Waals surface area contributed by atoms with Crippen LogP contribution in [0, 0.1) is 0 Å². The van der Waals surface area contributed by atoms with E-state index in [1.54, 1.807) is 37.4 Å². The van der Waals surface area contributed by atoms with E-state index < -0.39 is 17.7 Å². The van der Waals surface area contributed by atoms with E-state index >= 15 is 0 Å². The van der Waals surface area contributed by atoms with E-state index in [0.717, 1.165) is 5.56 Å². The molecule has 0 saturated carbocycles. The number of aliphatic hydroxyl groups excluding tert-OH is 1. The molecule has 1 N–H and O–H groups in total. The van der Waals surface area contributed by atoms with Crippen LogP contribution in [-0.2, 0) is 16.1 Å². The number of amides is 1. The molecule has 8 heteroatoms. The molecule has 1 amide bonds. The van der Waals surface area contributed by atoms with Crippen LogP contribution in [0.3, 0.4) is 0 Å². The summed E-state index contributed by atoms with van der Waals surface area (Å²) < 4.78 is 17.0. The van der Waals surface area contributed by atoms with Crippen molar-refractivity contribution in [3.63, 3.8) is 0 Å². The van der Waals surface area contributed by atoms with Crippen molar-refractivity contribution in [2.45, 2.75) is 32.5 Å². The highest BCUT2D eigenvalue weighted by molar-refractivity contribution is 9.10. The summed E-state index contributed by atoms with van der Waals surface area (Å²) in [7, 11) is 3.11. The third-order valence-electron chi connectivity index (χ3n) is 6.02. The number of ether oxygens (including phenoxy) is 3. The molecule has 37 heavy (non-hydrogen) atoms. The summed E-state index contributed by atoms with van der Waals surface area (Å²) in [5.74, 6) is 0.186. The average molecular weight is 566 g/mol. The lowest BCUT2D eigenvalue weighted by Gasteiger charge is -2.26. The van der Waals surface area contributed by atoms with E-state index in [4.69, 9.17) is 14.2 Å². The summed E-state index contributed by atoms with van der Waals surface area (Å²) in [6, 6.07) is 18.7. The largest absolute Gasteiger partial charge is 0.507 e. The van der Waals surface area contributed by atoms with Gasteiger partial charge in [0.05, 0.1) is 36.4 Å². The second-order valence-corrected chi connectivity index (χ2v) is 9.72. The molecule has 192 valence electrons. The number of benzene rings is 3. The minimum Gasteiger partial charge on any atom is -0.507 e. The van der Waals surface area contributed by atoms with Gasteiger partial charge in [0.1, 0.15) is 23.0 Å². The maximum absolute atomic E-state index is 13.4. The molecule has 0 spiro atoms. The molecule has 1 aliphatic rings. The molecule has 0 bridgehead atoms. The summed E-state index contributed by atoms with van der Waals surface area (Å²) >= 11 is 3.42. The first-order valence-corrected chi connectivity index (χ1v) is 12.5. The van der Waals surface area contributed by atoms with Crippen molar-refractivity contribution in [3.8, 4) is 17.2 Å². The number of hydrogen-bond acceptors (Lipinski definition) is 6. The van der Waals surface area contributed by atoms with E-state index in [1.165, 1.54) is 12.0 Å². The molecule has 1 unspecified atom stereocenters. The number of nitrogens with zero attached hydrogens (tertiary/aromatic N) is 1. The second kappa shape index (κ2) is 11.1. The number of ketones is 1. The number of halogens is 1. The molecular weight excluding hydrogens is 538 g/mol. The Kier molecular flexibility index (Phi) is 7.88. The molecule has 1 fully saturated rings. The summed E-state index contributed by atoms with van der Waals surface area (Å²) in [6.07, 6.45) is -0.00179. The Bertz CT molecular complexity index is 1350. The van der Waals surface area contributed by atoms with Gasteiger partial charge in [-0.15, -0.1) is 0 Å². The number of carbonyl (C=O) groups excluding carboxylic acids is 2. The van der Waals surface area contributed by atoms with E-state index in [1.807, 2.05) is 50.2 Å². The SMILES string of the molecule is COc1cccc(CN2C(=O)C(=O)/C(=C(\O)c3ccc(OC)c(Br)c3)C2c2ccc(OC(C)C)cc2)c1. The fourth-order valence-electron chi connectivity index (χ4n) is 4.33. The number of carbonyl (C=O) groups is 2. The van der Waals surface area contributed by atoms with E-state index in [9.17, 15) is 14.7 Å². The molecule has 1 aliphatic heterocycles. The first-order valence-electron chi connectivity index (χ1n) is 11.7. The standard InChI is InChI=1S/C29H28BrNO6/c1-17(2)37-21-11-8-19(9-12-21)26-25(27(32)20-10-13-24(36-4)23(30)15-20)28(33)29(34)31(26)16-18-6-5-7-22(14-18)35-3/h5-15,17,26,32H,16H2,1-4H3/b27-25-. The van der Waals surface area contributed by atoms with Gasteiger partial charge in [-0.1, -0.05) is 24.3 Å². The highest BCUT2D eigenvalue weighted by Gasteiger charge is 2.46. The van der Waals surface area contributed by atoms with Crippen LogP contribution in [0.15, 0.2) is 76.8 Å². The minimum absolute atomic E-state index is 0.00179. The molecule has 1 saturated heterocycles. The zero-order valence-electron chi connectivity index (χ0n) is 21.0. The second-order valence-electron chi connectivity index (χ2n) is 8.86. The topological polar surface area (TPSA) is 85.3 Å². The summed E-state index contributed by atoms with van der Waals surface area (Å²) in [6.45, 7) is 4.02. The van der Waals surface area contributed by atoms with Gasteiger partial charge < -0.3 is 24.2 Å². The van der Waals surface area contributed by atoms with Gasteiger partial charge in [-0.25, -0.2) is 0 Å². The monoisotopic (exact) mass is 565 g/mol. The lowest BCUT2D eigenvalue weighted by molar-refractivity contribution is -0.140. The van der Waals surface area contributed by atoms with Crippen LogP contribution < -0.4 is 14.2 Å². The fourth-order valence-corrected chi connectivity index (χ4v) is 4.87. The van der Waals surface area contributed by atoms with Crippen LogP contribution in [0.1, 0.15) is 36.6 Å². The van der Waals surface area contributed by atoms with Gasteiger partial charge in [-0.3, -0.25) is 9.59 Å². The lowest BCUT2D eigenvalue weighted by Crippen LogP contribution is -2.29. The van der Waals surface area contributed by atoms with Crippen molar-refractivity contribution in [2.75, 3.05) is 14.2 Å². The van der Waals surface area contributed by atoms with Crippen molar-refractivity contribution < 1.29 is 28.9 Å². The predicted molar refractivity (Wildman–Crippen MR) is 144 cm³/mol. The minimum atomic E-state index is -0.805. The highest BCUT2D eigenvalue weighted by atomic mass is 79.9. The van der Waals surface area contributed by atoms with E-state index in [-0.39, 0.29) is 24.0 Å². The molecule has 0 radical (unpaired) electrons. The van der Waals surface area contributed by atoms with Crippen LogP contribution >= 0.6 is 15.9 Å². The van der Waals surface area contributed by atoms with Gasteiger partial charge in [0.25, 0.3) is 11.7 Å². The molecule has 0 aliphatic carbocycles. The maximum atomic E-state index is 13.4. The molecule has 7 nitrogen and oxygen atoms in total. The van der Waals surface area contributed by atoms with Crippen LogP contribution in [-0.4, -0.2) is 42.0 Å². The first-order chi connectivity index (χ1) is 17.7. The number of methoxy groups -OCH3 is 2. The molecule has 4 rings (SSSR count). The maximum Gasteiger partial charge on any atom is 0.295 e. The zero-order valence-corrected chi connectivity index (χ0v) is 22.6. The molecular formula is C29H28BrNO6. The van der Waals surface area contributed by atoms with Crippen molar-refractivity contribution in [3.05, 3.63) is 93.5 Å². The van der Waals surface area contributed by atoms with Crippen molar-refractivity contribution in [1.29, 1.82) is 0 Å². The Labute approximate surface area is 224 Å². The summed E-state index contributed by atoms with van der Waals surface area (Å²) in [5.41, 5.74) is 1.87. The molecule has 1 heterocycles. The van der Waals surface area contributed by atoms with Crippen LogP contribution in [0.2, 0.25) is 0 Å². The first kappa shape index (κ1) is 26.3. The summed E-state index contributed by atoms with van der Waals surface area (Å²) in [5, 5.41) is 11.3. The normalized spacial score (nSPS) is 16.8. The Hall–Kier alpha value is -3.78. The van der Waals surface area contributed by atoms with Gasteiger partial charge in [0, 0.05) is 12.1 Å².